The van der Waals surface area contributed by atoms with Crippen molar-refractivity contribution in [3.05, 3.63) is 75.8 Å². The Balaban J connectivity index is 1.93. The zero-order valence-electron chi connectivity index (χ0n) is 12.6. The highest BCUT2D eigenvalue weighted by Gasteiger charge is 2.68. The summed E-state index contributed by atoms with van der Waals surface area (Å²) in [6, 6.07) is 16.7. The van der Waals surface area contributed by atoms with Crippen molar-refractivity contribution < 1.29 is 14.5 Å². The number of fused-ring (bicyclic) bond motifs is 3. The largest absolute Gasteiger partial charge is 0.475 e. The lowest BCUT2D eigenvalue weighted by atomic mass is 9.80. The number of nitrogens with zero attached hydrogens (tertiary/aromatic N) is 2. The van der Waals surface area contributed by atoms with Gasteiger partial charge in [0.25, 0.3) is 0 Å². The van der Waals surface area contributed by atoms with Crippen LogP contribution in [0.15, 0.2) is 54.6 Å². The van der Waals surface area contributed by atoms with E-state index >= 15 is 0 Å². The molecule has 0 N–H and O–H groups in total. The van der Waals surface area contributed by atoms with Crippen LogP contribution in [0.1, 0.15) is 23.1 Å². The molecular weight excluding hydrogens is 296 g/mol. The Morgan fingerprint density at radius 3 is 2.61 bits per heavy atom. The molecule has 0 unspecified atom stereocenters. The Bertz CT molecular complexity index is 751. The maximum absolute atomic E-state index is 12.1. The van der Waals surface area contributed by atoms with E-state index in [-0.39, 0.29) is 4.92 Å². The number of para-hydroxylation sites is 1. The first-order valence-corrected chi connectivity index (χ1v) is 7.48. The molecule has 0 aromatic heterocycles. The zero-order valence-corrected chi connectivity index (χ0v) is 12.6. The topological polar surface area (TPSA) is 64.8 Å². The number of benzene rings is 2. The number of nitro groups is 1. The highest BCUT2D eigenvalue weighted by Crippen LogP contribution is 2.54. The van der Waals surface area contributed by atoms with Gasteiger partial charge in [-0.1, -0.05) is 48.5 Å². The smallest absolute Gasteiger partial charge is 0.389 e. The van der Waals surface area contributed by atoms with Crippen molar-refractivity contribution in [1.82, 2.24) is 5.06 Å². The summed E-state index contributed by atoms with van der Waals surface area (Å²) in [4.78, 5) is 17.5. The van der Waals surface area contributed by atoms with Crippen molar-refractivity contribution in [2.24, 2.45) is 0 Å². The normalized spacial score (nSPS) is 29.4. The Kier molecular flexibility index (Phi) is 3.11. The maximum atomic E-state index is 12.1. The van der Waals surface area contributed by atoms with Crippen LogP contribution >= 0.6 is 0 Å². The third-order valence-electron chi connectivity index (χ3n) is 4.54. The van der Waals surface area contributed by atoms with Crippen LogP contribution < -0.4 is 4.74 Å². The van der Waals surface area contributed by atoms with Gasteiger partial charge in [-0.2, -0.15) is 5.06 Å². The maximum Gasteiger partial charge on any atom is 0.389 e. The molecule has 0 amide bonds. The predicted octanol–water partition coefficient (Wildman–Crippen LogP) is 2.75. The highest BCUT2D eigenvalue weighted by molar-refractivity contribution is 5.43. The monoisotopic (exact) mass is 312 g/mol. The quantitative estimate of drug-likeness (QED) is 0.630. The first-order chi connectivity index (χ1) is 11.1. The minimum atomic E-state index is -1.65. The summed E-state index contributed by atoms with van der Waals surface area (Å²) in [5, 5.41) is 13.6. The molecule has 0 spiro atoms. The number of ether oxygens (including phenoxy) is 1. The second-order valence-corrected chi connectivity index (χ2v) is 5.91. The molecule has 2 aromatic carbocycles. The van der Waals surface area contributed by atoms with E-state index in [2.05, 4.69) is 0 Å². The van der Waals surface area contributed by atoms with Gasteiger partial charge in [0.05, 0.1) is 4.92 Å². The lowest BCUT2D eigenvalue weighted by Gasteiger charge is -2.37. The summed E-state index contributed by atoms with van der Waals surface area (Å²) >= 11 is 0. The standard InChI is InChI=1S/C17H16N2O4/c1-18-11-14-13-9-5-6-10-15(13)22-16(12-7-3-2-4-8-12)17(14,23-18)19(20)21/h2-10,14,16H,11H2,1H3/t14-,16+,17+/m1/s1. The van der Waals surface area contributed by atoms with Gasteiger partial charge in [-0.25, -0.2) is 4.84 Å². The summed E-state index contributed by atoms with van der Waals surface area (Å²) in [5.74, 6) is 0.292. The van der Waals surface area contributed by atoms with Crippen LogP contribution in [0.5, 0.6) is 5.75 Å². The summed E-state index contributed by atoms with van der Waals surface area (Å²) in [7, 11) is 1.72. The molecule has 4 rings (SSSR count). The molecule has 23 heavy (non-hydrogen) atoms. The molecule has 2 aromatic rings. The SMILES string of the molecule is CN1C[C@@H]2c3ccccc3O[C@@H](c3ccccc3)[C@@]2([N+](=O)[O-])O1. The van der Waals surface area contributed by atoms with Crippen LogP contribution in [0, 0.1) is 10.1 Å². The predicted molar refractivity (Wildman–Crippen MR) is 82.4 cm³/mol. The number of rotatable bonds is 2. The van der Waals surface area contributed by atoms with Crippen molar-refractivity contribution in [1.29, 1.82) is 0 Å². The fourth-order valence-electron chi connectivity index (χ4n) is 3.57. The van der Waals surface area contributed by atoms with Crippen molar-refractivity contribution >= 4 is 0 Å². The van der Waals surface area contributed by atoms with Gasteiger partial charge in [0.15, 0.2) is 0 Å². The first kappa shape index (κ1) is 14.2. The van der Waals surface area contributed by atoms with Gasteiger partial charge in [0.2, 0.25) is 6.10 Å². The van der Waals surface area contributed by atoms with Crippen molar-refractivity contribution in [2.75, 3.05) is 13.6 Å². The molecule has 6 nitrogen and oxygen atoms in total. The summed E-state index contributed by atoms with van der Waals surface area (Å²) in [5.41, 5.74) is -0.0930. The number of likely N-dealkylation sites (N-methyl/N-ethyl adjacent to an activating group) is 1. The van der Waals surface area contributed by atoms with Gasteiger partial charge in [-0.05, 0) is 6.07 Å². The Labute approximate surface area is 133 Å². The van der Waals surface area contributed by atoms with Crippen molar-refractivity contribution in [3.63, 3.8) is 0 Å². The third kappa shape index (κ3) is 1.95. The van der Waals surface area contributed by atoms with E-state index in [9.17, 15) is 10.1 Å². The van der Waals surface area contributed by atoms with E-state index in [1.807, 2.05) is 54.6 Å². The number of hydrogen-bond acceptors (Lipinski definition) is 5. The fourth-order valence-corrected chi connectivity index (χ4v) is 3.57. The van der Waals surface area contributed by atoms with E-state index in [1.54, 1.807) is 7.05 Å². The van der Waals surface area contributed by atoms with E-state index in [4.69, 9.17) is 9.57 Å². The average Bonchev–Trinajstić information content (AvgIpc) is 2.93. The molecule has 6 heteroatoms. The summed E-state index contributed by atoms with van der Waals surface area (Å²) in [6.07, 6.45) is -0.802. The molecule has 1 fully saturated rings. The van der Waals surface area contributed by atoms with Gasteiger partial charge in [0.1, 0.15) is 11.7 Å². The lowest BCUT2D eigenvalue weighted by molar-refractivity contribution is -0.655. The average molecular weight is 312 g/mol. The van der Waals surface area contributed by atoms with Crippen LogP contribution in [0.2, 0.25) is 0 Å². The van der Waals surface area contributed by atoms with E-state index in [1.165, 1.54) is 5.06 Å². The molecule has 2 heterocycles. The molecule has 2 aliphatic rings. The highest BCUT2D eigenvalue weighted by atomic mass is 16.8. The van der Waals surface area contributed by atoms with Gasteiger partial charge in [-0.15, -0.1) is 0 Å². The lowest BCUT2D eigenvalue weighted by Crippen LogP contribution is -2.53. The first-order valence-electron chi connectivity index (χ1n) is 7.48. The van der Waals surface area contributed by atoms with Crippen LogP contribution in [-0.4, -0.2) is 29.3 Å². The minimum absolute atomic E-state index is 0.339. The Hall–Kier alpha value is -2.44. The summed E-state index contributed by atoms with van der Waals surface area (Å²) < 4.78 is 6.05. The van der Waals surface area contributed by atoms with Gasteiger partial charge in [-0.3, -0.25) is 10.1 Å². The summed E-state index contributed by atoms with van der Waals surface area (Å²) in [6.45, 7) is 0.449. The van der Waals surface area contributed by atoms with Crippen molar-refractivity contribution in [3.8, 4) is 5.75 Å². The molecule has 118 valence electrons. The van der Waals surface area contributed by atoms with Crippen LogP contribution in [0.4, 0.5) is 0 Å². The molecule has 0 bridgehead atoms. The molecule has 0 saturated carbocycles. The number of hydrogen-bond donors (Lipinski definition) is 0. The third-order valence-corrected chi connectivity index (χ3v) is 4.54. The van der Waals surface area contributed by atoms with E-state index in [0.29, 0.717) is 12.3 Å². The number of hydroxylamine groups is 2. The van der Waals surface area contributed by atoms with Gasteiger partial charge < -0.3 is 4.74 Å². The zero-order chi connectivity index (χ0) is 16.0. The second-order valence-electron chi connectivity index (χ2n) is 5.91. The Morgan fingerprint density at radius 1 is 1.17 bits per heavy atom. The molecule has 2 aliphatic heterocycles. The fraction of sp³-hybridized carbons (Fsp3) is 0.294. The molecule has 3 atom stereocenters. The Morgan fingerprint density at radius 2 is 1.87 bits per heavy atom. The minimum Gasteiger partial charge on any atom is -0.475 e. The molecule has 0 aliphatic carbocycles. The molecular formula is C17H16N2O4. The second kappa shape index (κ2) is 5.04. The van der Waals surface area contributed by atoms with Gasteiger partial charge >= 0.3 is 5.72 Å². The van der Waals surface area contributed by atoms with Crippen LogP contribution in [0.25, 0.3) is 0 Å². The molecule has 0 radical (unpaired) electrons. The van der Waals surface area contributed by atoms with E-state index in [0.717, 1.165) is 11.1 Å². The van der Waals surface area contributed by atoms with Crippen LogP contribution in [0.3, 0.4) is 0 Å². The van der Waals surface area contributed by atoms with Gasteiger partial charge in [0, 0.05) is 24.7 Å². The molecule has 1 saturated heterocycles. The van der Waals surface area contributed by atoms with Crippen LogP contribution in [-0.2, 0) is 4.84 Å². The van der Waals surface area contributed by atoms with E-state index < -0.39 is 17.7 Å². The van der Waals surface area contributed by atoms with Crippen molar-refractivity contribution in [2.45, 2.75) is 17.7 Å².